The van der Waals surface area contributed by atoms with Crippen molar-refractivity contribution in [2.45, 2.75) is 27.2 Å². The Balaban J connectivity index is 2.83. The van der Waals surface area contributed by atoms with Crippen LogP contribution in [-0.2, 0) is 0 Å². The summed E-state index contributed by atoms with van der Waals surface area (Å²) in [7, 11) is 0. The maximum Gasteiger partial charge on any atom is 0.251 e. The molecule has 0 aromatic heterocycles. The Hall–Kier alpha value is -1.02. The van der Waals surface area contributed by atoms with E-state index in [9.17, 15) is 4.79 Å². The van der Waals surface area contributed by atoms with Crippen LogP contribution in [0.2, 0.25) is 0 Å². The third kappa shape index (κ3) is 3.24. The molecule has 1 rings (SSSR count). The number of carbonyl (C=O) groups is 1. The van der Waals surface area contributed by atoms with Crippen LogP contribution in [0.5, 0.6) is 0 Å². The number of benzene rings is 1. The normalized spacial score (nSPS) is 10.2. The third-order valence-corrected chi connectivity index (χ3v) is 2.77. The first-order valence-corrected chi connectivity index (χ1v) is 6.01. The van der Waals surface area contributed by atoms with Gasteiger partial charge in [-0.2, -0.15) is 0 Å². The summed E-state index contributed by atoms with van der Waals surface area (Å²) in [6.45, 7) is 6.61. The van der Waals surface area contributed by atoms with E-state index in [1.807, 2.05) is 32.9 Å². The summed E-state index contributed by atoms with van der Waals surface area (Å²) in [5.41, 5.74) is 4.04. The first-order valence-electron chi connectivity index (χ1n) is 5.48. The van der Waals surface area contributed by atoms with Crippen LogP contribution in [0.3, 0.4) is 0 Å². The predicted octanol–water partition coefficient (Wildman–Crippen LogP) is 2.97. The van der Waals surface area contributed by atoms with Crippen LogP contribution in [0, 0.1) is 20.8 Å². The van der Waals surface area contributed by atoms with E-state index in [1.54, 1.807) is 0 Å². The van der Waals surface area contributed by atoms with E-state index >= 15 is 0 Å². The zero-order valence-electron chi connectivity index (χ0n) is 10.1. The lowest BCUT2D eigenvalue weighted by Gasteiger charge is -2.11. The molecule has 0 spiro atoms. The van der Waals surface area contributed by atoms with E-state index in [2.05, 4.69) is 5.32 Å². The summed E-state index contributed by atoms with van der Waals surface area (Å²) in [5, 5.41) is 2.88. The largest absolute Gasteiger partial charge is 0.352 e. The van der Waals surface area contributed by atoms with Gasteiger partial charge >= 0.3 is 0 Å². The molecule has 0 aliphatic carbocycles. The molecule has 1 aromatic rings. The molecule has 0 unspecified atom stereocenters. The second kappa shape index (κ2) is 5.90. The highest BCUT2D eigenvalue weighted by Crippen LogP contribution is 2.16. The van der Waals surface area contributed by atoms with Crippen LogP contribution in [0.25, 0.3) is 0 Å². The molecule has 88 valence electrons. The van der Waals surface area contributed by atoms with Gasteiger partial charge in [-0.3, -0.25) is 4.79 Å². The topological polar surface area (TPSA) is 29.1 Å². The predicted molar refractivity (Wildman–Crippen MR) is 68.3 cm³/mol. The number of amides is 1. The quantitative estimate of drug-likeness (QED) is 0.635. The van der Waals surface area contributed by atoms with E-state index in [0.29, 0.717) is 12.4 Å². The minimum atomic E-state index is 0.000108. The summed E-state index contributed by atoms with van der Waals surface area (Å²) < 4.78 is 0. The van der Waals surface area contributed by atoms with Crippen LogP contribution >= 0.6 is 11.6 Å². The Kier molecular flexibility index (Phi) is 4.81. The first-order chi connectivity index (χ1) is 7.56. The molecular formula is C13H18ClNO. The number of hydrogen-bond donors (Lipinski definition) is 1. The third-order valence-electron chi connectivity index (χ3n) is 2.50. The number of halogens is 1. The zero-order valence-corrected chi connectivity index (χ0v) is 10.8. The average Bonchev–Trinajstić information content (AvgIpc) is 2.16. The smallest absolute Gasteiger partial charge is 0.251 e. The van der Waals surface area contributed by atoms with E-state index in [-0.39, 0.29) is 5.91 Å². The molecular weight excluding hydrogens is 222 g/mol. The monoisotopic (exact) mass is 239 g/mol. The van der Waals surface area contributed by atoms with Crippen LogP contribution < -0.4 is 5.32 Å². The molecule has 0 radical (unpaired) electrons. The van der Waals surface area contributed by atoms with Crippen molar-refractivity contribution in [3.05, 3.63) is 34.4 Å². The Labute approximate surface area is 102 Å². The molecule has 0 atom stereocenters. The first kappa shape index (κ1) is 13.0. The van der Waals surface area contributed by atoms with Gasteiger partial charge in [0.05, 0.1) is 0 Å². The van der Waals surface area contributed by atoms with Crippen molar-refractivity contribution in [3.63, 3.8) is 0 Å². The SMILES string of the molecule is Cc1cc(C)c(C(=O)NCCCCl)c(C)c1. The van der Waals surface area contributed by atoms with Crippen LogP contribution in [0.4, 0.5) is 0 Å². The Morgan fingerprint density at radius 2 is 1.81 bits per heavy atom. The van der Waals surface area contributed by atoms with Crippen molar-refractivity contribution in [3.8, 4) is 0 Å². The zero-order chi connectivity index (χ0) is 12.1. The number of alkyl halides is 1. The van der Waals surface area contributed by atoms with Crippen LogP contribution in [-0.4, -0.2) is 18.3 Å². The number of nitrogens with one attached hydrogen (secondary N) is 1. The number of rotatable bonds is 4. The highest BCUT2D eigenvalue weighted by molar-refractivity contribution is 6.17. The molecule has 1 N–H and O–H groups in total. The van der Waals surface area contributed by atoms with Crippen molar-refractivity contribution >= 4 is 17.5 Å². The maximum atomic E-state index is 11.9. The van der Waals surface area contributed by atoms with Gasteiger partial charge in [0.25, 0.3) is 5.91 Å². The second-order valence-electron chi connectivity index (χ2n) is 4.07. The highest BCUT2D eigenvalue weighted by Gasteiger charge is 2.11. The standard InChI is InChI=1S/C13H18ClNO/c1-9-7-10(2)12(11(3)8-9)13(16)15-6-4-5-14/h7-8H,4-6H2,1-3H3,(H,15,16). The molecule has 0 fully saturated rings. The minimum Gasteiger partial charge on any atom is -0.352 e. The van der Waals surface area contributed by atoms with Gasteiger partial charge in [0.1, 0.15) is 0 Å². The molecule has 2 nitrogen and oxygen atoms in total. The van der Waals surface area contributed by atoms with Crippen molar-refractivity contribution in [2.75, 3.05) is 12.4 Å². The molecule has 0 saturated heterocycles. The highest BCUT2D eigenvalue weighted by atomic mass is 35.5. The number of aryl methyl sites for hydroxylation is 3. The van der Waals surface area contributed by atoms with E-state index < -0.39 is 0 Å². The van der Waals surface area contributed by atoms with Gasteiger partial charge in [-0.05, 0) is 38.3 Å². The van der Waals surface area contributed by atoms with Gasteiger partial charge in [-0.1, -0.05) is 17.7 Å². The fraction of sp³-hybridized carbons (Fsp3) is 0.462. The molecule has 0 bridgehead atoms. The Morgan fingerprint density at radius 3 is 2.31 bits per heavy atom. The van der Waals surface area contributed by atoms with Gasteiger partial charge in [-0.15, -0.1) is 11.6 Å². The van der Waals surface area contributed by atoms with Gasteiger partial charge in [0.15, 0.2) is 0 Å². The molecule has 1 amide bonds. The molecule has 0 heterocycles. The Morgan fingerprint density at radius 1 is 1.25 bits per heavy atom. The molecule has 0 aliphatic rings. The lowest BCUT2D eigenvalue weighted by atomic mass is 9.99. The van der Waals surface area contributed by atoms with Crippen molar-refractivity contribution in [1.29, 1.82) is 0 Å². The van der Waals surface area contributed by atoms with Crippen molar-refractivity contribution in [1.82, 2.24) is 5.32 Å². The van der Waals surface area contributed by atoms with Crippen LogP contribution in [0.15, 0.2) is 12.1 Å². The minimum absolute atomic E-state index is 0.000108. The molecule has 16 heavy (non-hydrogen) atoms. The van der Waals surface area contributed by atoms with Crippen LogP contribution in [0.1, 0.15) is 33.5 Å². The molecule has 3 heteroatoms. The fourth-order valence-corrected chi connectivity index (χ4v) is 2.03. The van der Waals surface area contributed by atoms with Gasteiger partial charge < -0.3 is 5.32 Å². The summed E-state index contributed by atoms with van der Waals surface area (Å²) >= 11 is 5.56. The van der Waals surface area contributed by atoms with Gasteiger partial charge in [0.2, 0.25) is 0 Å². The average molecular weight is 240 g/mol. The lowest BCUT2D eigenvalue weighted by molar-refractivity contribution is 0.0952. The second-order valence-corrected chi connectivity index (χ2v) is 4.45. The molecule has 1 aromatic carbocycles. The number of carbonyl (C=O) groups excluding carboxylic acids is 1. The lowest BCUT2D eigenvalue weighted by Crippen LogP contribution is -2.26. The van der Waals surface area contributed by atoms with Gasteiger partial charge in [-0.25, -0.2) is 0 Å². The van der Waals surface area contributed by atoms with Crippen molar-refractivity contribution in [2.24, 2.45) is 0 Å². The van der Waals surface area contributed by atoms with Crippen molar-refractivity contribution < 1.29 is 4.79 Å². The summed E-state index contributed by atoms with van der Waals surface area (Å²) in [6, 6.07) is 4.06. The van der Waals surface area contributed by atoms with E-state index in [4.69, 9.17) is 11.6 Å². The molecule has 0 aliphatic heterocycles. The summed E-state index contributed by atoms with van der Waals surface area (Å²) in [4.78, 5) is 11.9. The maximum absolute atomic E-state index is 11.9. The van der Waals surface area contributed by atoms with E-state index in [1.165, 1.54) is 5.56 Å². The fourth-order valence-electron chi connectivity index (χ4n) is 1.90. The number of hydrogen-bond acceptors (Lipinski definition) is 1. The summed E-state index contributed by atoms with van der Waals surface area (Å²) in [6.07, 6.45) is 0.803. The van der Waals surface area contributed by atoms with E-state index in [0.717, 1.165) is 23.1 Å². The Bertz CT molecular complexity index is 365. The molecule has 0 saturated carbocycles. The van der Waals surface area contributed by atoms with Gasteiger partial charge in [0, 0.05) is 18.0 Å². The summed E-state index contributed by atoms with van der Waals surface area (Å²) in [5.74, 6) is 0.576.